The van der Waals surface area contributed by atoms with Gasteiger partial charge in [-0.05, 0) is 107 Å². The molecule has 0 amide bonds. The molecule has 54 heavy (non-hydrogen) atoms. The van der Waals surface area contributed by atoms with Gasteiger partial charge in [-0.25, -0.2) is 0 Å². The van der Waals surface area contributed by atoms with Crippen LogP contribution in [0.15, 0.2) is 181 Å². The Morgan fingerprint density at radius 1 is 0.389 bits per heavy atom. The monoisotopic (exact) mass is 766 g/mol. The Kier molecular flexibility index (Phi) is 8.58. The van der Waals surface area contributed by atoms with Crippen LogP contribution in [0.25, 0.3) is 52.2 Å². The van der Waals surface area contributed by atoms with Gasteiger partial charge in [0.1, 0.15) is 10.0 Å². The van der Waals surface area contributed by atoms with Crippen molar-refractivity contribution in [3.8, 4) is 32.0 Å². The zero-order valence-corrected chi connectivity index (χ0v) is 32.0. The van der Waals surface area contributed by atoms with E-state index in [9.17, 15) is 0 Å². The summed E-state index contributed by atoms with van der Waals surface area (Å²) in [5.74, 6) is 0. The minimum Gasteiger partial charge on any atom is -0.300 e. The number of hydrogen-bond donors (Lipinski definition) is 0. The number of rotatable bonds is 9. The Morgan fingerprint density at radius 3 is 1.26 bits per heavy atom. The van der Waals surface area contributed by atoms with Crippen molar-refractivity contribution >= 4 is 98.3 Å². The second kappa shape index (κ2) is 14.2. The molecule has 0 N–H and O–H groups in total. The number of hydrogen-bond acceptors (Lipinski definition) is 8. The van der Waals surface area contributed by atoms with Crippen LogP contribution in [0, 0.1) is 0 Å². The molecule has 4 nitrogen and oxygen atoms in total. The lowest BCUT2D eigenvalue weighted by Gasteiger charge is -2.23. The van der Waals surface area contributed by atoms with Gasteiger partial charge >= 0.3 is 0 Å². The van der Waals surface area contributed by atoms with E-state index in [-0.39, 0.29) is 0 Å². The van der Waals surface area contributed by atoms with Crippen LogP contribution in [0.1, 0.15) is 0 Å². The van der Waals surface area contributed by atoms with Crippen LogP contribution < -0.4 is 9.80 Å². The summed E-state index contributed by atoms with van der Waals surface area (Å²) in [6.45, 7) is 0. The highest BCUT2D eigenvalue weighted by Crippen LogP contribution is 2.47. The summed E-state index contributed by atoms with van der Waals surface area (Å²) in [6, 6.07) is 52.2. The van der Waals surface area contributed by atoms with Crippen LogP contribution in [0.3, 0.4) is 0 Å². The van der Waals surface area contributed by atoms with Crippen LogP contribution in [-0.2, 0) is 0 Å². The van der Waals surface area contributed by atoms with Crippen LogP contribution in [0.5, 0.6) is 0 Å². The van der Waals surface area contributed by atoms with Gasteiger partial charge in [-0.2, -0.15) is 0 Å². The van der Waals surface area contributed by atoms with Crippen LogP contribution >= 0.6 is 45.3 Å². The number of aromatic nitrogens is 2. The van der Waals surface area contributed by atoms with Crippen molar-refractivity contribution in [2.24, 2.45) is 0 Å². The fourth-order valence-corrected chi connectivity index (χ4v) is 11.0. The summed E-state index contributed by atoms with van der Waals surface area (Å²) in [7, 11) is 0. The van der Waals surface area contributed by atoms with Gasteiger partial charge in [-0.1, -0.05) is 60.7 Å². The zero-order chi connectivity index (χ0) is 35.8. The van der Waals surface area contributed by atoms with Crippen molar-refractivity contribution in [3.05, 3.63) is 181 Å². The third-order valence-electron chi connectivity index (χ3n) is 9.51. The van der Waals surface area contributed by atoms with E-state index in [2.05, 4.69) is 164 Å². The molecule has 0 unspecified atom stereocenters. The average Bonchev–Trinajstić information content (AvgIpc) is 4.07. The summed E-state index contributed by atoms with van der Waals surface area (Å²) in [5.41, 5.74) is 9.20. The number of nitrogens with zero attached hydrogens (tertiary/aromatic N) is 4. The van der Waals surface area contributed by atoms with Crippen molar-refractivity contribution in [3.63, 3.8) is 0 Å². The number of fused-ring (bicyclic) bond motifs is 2. The molecule has 8 heteroatoms. The van der Waals surface area contributed by atoms with Crippen LogP contribution in [0.4, 0.5) is 32.8 Å². The molecule has 0 atom stereocenters. The molecule has 0 radical (unpaired) electrons. The summed E-state index contributed by atoms with van der Waals surface area (Å²) in [5, 5.41) is 9.37. The van der Waals surface area contributed by atoms with Crippen molar-refractivity contribution in [2.45, 2.75) is 0 Å². The molecule has 258 valence electrons. The van der Waals surface area contributed by atoms with E-state index in [1.165, 1.54) is 52.2 Å². The molecule has 0 fully saturated rings. The standard InChI is InChI=1S/C46H30N4S4/c1-3-11-41-37(9-1)39(29-51-41)31-13-17-33(18-14-31)49(35-7-5-25-47-27-35)45-23-21-43(53-45)44-22-24-46(54-44)50(36-8-6-26-48-28-36)34-19-15-32(16-20-34)40-30-52-42-12-4-2-10-38(40)42/h1-30H. The average molecular weight is 767 g/mol. The summed E-state index contributed by atoms with van der Waals surface area (Å²) in [6.07, 6.45) is 7.51. The molecule has 0 saturated heterocycles. The second-order valence-corrected chi connectivity index (χ2v) is 16.7. The van der Waals surface area contributed by atoms with Crippen molar-refractivity contribution < 1.29 is 0 Å². The molecule has 6 aromatic heterocycles. The Balaban J connectivity index is 0.973. The molecule has 0 aliphatic carbocycles. The highest BCUT2D eigenvalue weighted by molar-refractivity contribution is 7.26. The van der Waals surface area contributed by atoms with Gasteiger partial charge in [-0.15, -0.1) is 45.3 Å². The van der Waals surface area contributed by atoms with E-state index in [1.807, 2.05) is 36.9 Å². The van der Waals surface area contributed by atoms with Crippen molar-refractivity contribution in [2.75, 3.05) is 9.80 Å². The van der Waals surface area contributed by atoms with Crippen LogP contribution in [0.2, 0.25) is 0 Å². The lowest BCUT2D eigenvalue weighted by molar-refractivity contribution is 1.25. The predicted molar refractivity (Wildman–Crippen MR) is 234 cm³/mol. The smallest absolute Gasteiger partial charge is 0.101 e. The van der Waals surface area contributed by atoms with E-state index in [0.717, 1.165) is 32.8 Å². The van der Waals surface area contributed by atoms with E-state index < -0.39 is 0 Å². The fourth-order valence-electron chi connectivity index (χ4n) is 6.92. The van der Waals surface area contributed by atoms with Crippen molar-refractivity contribution in [1.82, 2.24) is 9.97 Å². The topological polar surface area (TPSA) is 32.3 Å². The van der Waals surface area contributed by atoms with Crippen LogP contribution in [-0.4, -0.2) is 9.97 Å². The van der Waals surface area contributed by atoms with Gasteiger partial charge in [0.05, 0.1) is 23.8 Å². The van der Waals surface area contributed by atoms with Gasteiger partial charge in [0, 0.05) is 64.8 Å². The Labute approximate surface area is 329 Å². The van der Waals surface area contributed by atoms with E-state index >= 15 is 0 Å². The quantitative estimate of drug-likeness (QED) is 0.146. The van der Waals surface area contributed by atoms with Gasteiger partial charge in [0.2, 0.25) is 0 Å². The van der Waals surface area contributed by atoms with E-state index in [1.54, 1.807) is 45.3 Å². The minimum absolute atomic E-state index is 1.02. The predicted octanol–water partition coefficient (Wildman–Crippen LogP) is 15.0. The van der Waals surface area contributed by atoms with Gasteiger partial charge < -0.3 is 9.80 Å². The summed E-state index contributed by atoms with van der Waals surface area (Å²) >= 11 is 7.16. The van der Waals surface area contributed by atoms with Gasteiger partial charge in [-0.3, -0.25) is 9.97 Å². The first-order valence-corrected chi connectivity index (χ1v) is 20.9. The lowest BCUT2D eigenvalue weighted by atomic mass is 10.0. The summed E-state index contributed by atoms with van der Waals surface area (Å²) < 4.78 is 2.61. The zero-order valence-electron chi connectivity index (χ0n) is 28.7. The molecule has 0 aliphatic rings. The fraction of sp³-hybridized carbons (Fsp3) is 0. The molecule has 10 rings (SSSR count). The largest absolute Gasteiger partial charge is 0.300 e. The van der Waals surface area contributed by atoms with Gasteiger partial charge in [0.25, 0.3) is 0 Å². The number of benzene rings is 4. The van der Waals surface area contributed by atoms with E-state index in [4.69, 9.17) is 0 Å². The SMILES string of the molecule is c1cncc(N(c2ccc(-c3csc4ccccc34)cc2)c2ccc(-c3ccc(N(c4ccc(-c5csc6ccccc56)cc4)c4cccnc4)s3)s2)c1. The molecule has 0 bridgehead atoms. The molecule has 6 heterocycles. The first-order chi connectivity index (χ1) is 26.8. The summed E-state index contributed by atoms with van der Waals surface area (Å²) in [4.78, 5) is 16.0. The highest BCUT2D eigenvalue weighted by Gasteiger charge is 2.20. The molecular formula is C46H30N4S4. The first-order valence-electron chi connectivity index (χ1n) is 17.5. The second-order valence-electron chi connectivity index (χ2n) is 12.8. The van der Waals surface area contributed by atoms with E-state index in [0.29, 0.717) is 0 Å². The number of pyridine rings is 2. The maximum atomic E-state index is 4.48. The number of thiophene rings is 4. The first kappa shape index (κ1) is 32.7. The van der Waals surface area contributed by atoms with Gasteiger partial charge in [0.15, 0.2) is 0 Å². The third kappa shape index (κ3) is 6.09. The lowest BCUT2D eigenvalue weighted by Crippen LogP contribution is -2.08. The molecular weight excluding hydrogens is 737 g/mol. The Hall–Kier alpha value is -5.90. The number of anilines is 6. The minimum atomic E-state index is 1.02. The maximum Gasteiger partial charge on any atom is 0.101 e. The Bertz CT molecular complexity index is 2640. The Morgan fingerprint density at radius 2 is 0.833 bits per heavy atom. The molecule has 10 aromatic rings. The van der Waals surface area contributed by atoms with Crippen molar-refractivity contribution in [1.29, 1.82) is 0 Å². The molecule has 0 saturated carbocycles. The third-order valence-corrected chi connectivity index (χ3v) is 13.8. The molecule has 0 spiro atoms. The maximum absolute atomic E-state index is 4.48. The normalized spacial score (nSPS) is 11.3. The molecule has 0 aliphatic heterocycles. The molecule has 4 aromatic carbocycles. The highest BCUT2D eigenvalue weighted by atomic mass is 32.1.